The number of ketones is 3. The molecule has 0 rings (SSSR count). The van der Waals surface area contributed by atoms with E-state index in [0.29, 0.717) is 13.0 Å². The van der Waals surface area contributed by atoms with Crippen molar-refractivity contribution >= 4 is 23.3 Å². The van der Waals surface area contributed by atoms with Crippen molar-refractivity contribution in [2.75, 3.05) is 67.5 Å². The Bertz CT molecular complexity index is 814. The molecule has 0 atom stereocenters. The number of nitrogens with one attached hydrogen (secondary N) is 1. The van der Waals surface area contributed by atoms with E-state index in [2.05, 4.69) is 5.32 Å². The fourth-order valence-corrected chi connectivity index (χ4v) is 3.73. The van der Waals surface area contributed by atoms with Crippen molar-refractivity contribution < 1.29 is 43.2 Å². The molecule has 0 aromatic carbocycles. The molecule has 0 aliphatic heterocycles. The second kappa shape index (κ2) is 26.2. The van der Waals surface area contributed by atoms with Gasteiger partial charge in [0.15, 0.2) is 0 Å². The number of Topliss-reactive ketones (excluding diaryl/α,β-unsaturated/α-hetero) is 3. The van der Waals surface area contributed by atoms with E-state index < -0.39 is 11.1 Å². The molecule has 46 heavy (non-hydrogen) atoms. The van der Waals surface area contributed by atoms with E-state index in [4.69, 9.17) is 24.1 Å². The third-order valence-corrected chi connectivity index (χ3v) is 7.47. The maximum Gasteiger partial charge on any atom is 0.225 e. The van der Waals surface area contributed by atoms with Crippen LogP contribution in [0.2, 0.25) is 0 Å². The normalized spacial score (nSPS) is 11.8. The Morgan fingerprint density at radius 1 is 0.739 bits per heavy atom. The fraction of sp³-hybridized carbons (Fsp3) is 0.886. The van der Waals surface area contributed by atoms with Gasteiger partial charge in [-0.25, -0.2) is 0 Å². The molecule has 0 aliphatic carbocycles. The average Bonchev–Trinajstić information content (AvgIpc) is 3.02. The molecule has 0 aliphatic rings. The van der Waals surface area contributed by atoms with Gasteiger partial charge in [-0.05, 0) is 34.7 Å². The topological polar surface area (TPSA) is 141 Å². The number of nitrogens with zero attached hydrogens (tertiary/aromatic N) is 1. The van der Waals surface area contributed by atoms with Gasteiger partial charge in [-0.15, -0.1) is 0 Å². The van der Waals surface area contributed by atoms with Gasteiger partial charge in [-0.2, -0.15) is 0 Å². The van der Waals surface area contributed by atoms with Crippen LogP contribution in [0.25, 0.3) is 0 Å². The minimum Gasteiger partial charge on any atom is -0.400 e. The van der Waals surface area contributed by atoms with Crippen LogP contribution in [0, 0.1) is 11.8 Å². The highest BCUT2D eigenvalue weighted by molar-refractivity contribution is 5.81. The lowest BCUT2D eigenvalue weighted by molar-refractivity contribution is -0.156. The zero-order valence-corrected chi connectivity index (χ0v) is 31.8. The summed E-state index contributed by atoms with van der Waals surface area (Å²) in [4.78, 5) is 51.6. The molecular weight excluding hydrogens is 592 g/mol. The molecule has 11 nitrogen and oxygen atoms in total. The third-order valence-electron chi connectivity index (χ3n) is 7.47. The highest BCUT2D eigenvalue weighted by Crippen LogP contribution is 2.24. The molecule has 0 spiro atoms. The molecular formula is C35H70N2O9. The summed E-state index contributed by atoms with van der Waals surface area (Å²) in [6.45, 7) is 22.1. The first-order chi connectivity index (χ1) is 21.4. The van der Waals surface area contributed by atoms with E-state index in [0.717, 1.165) is 7.11 Å². The molecule has 0 radical (unpaired) electrons. The van der Waals surface area contributed by atoms with Crippen molar-refractivity contribution in [3.8, 4) is 0 Å². The predicted molar refractivity (Wildman–Crippen MR) is 184 cm³/mol. The van der Waals surface area contributed by atoms with Gasteiger partial charge in [0.1, 0.15) is 22.9 Å². The maximum atomic E-state index is 13.7. The van der Waals surface area contributed by atoms with Crippen LogP contribution in [-0.4, -0.2) is 117 Å². The Hall–Kier alpha value is -1.76. The first kappa shape index (κ1) is 48.6. The van der Waals surface area contributed by atoms with Gasteiger partial charge in [0.05, 0.1) is 58.3 Å². The van der Waals surface area contributed by atoms with E-state index in [1.54, 1.807) is 18.9 Å². The van der Waals surface area contributed by atoms with Gasteiger partial charge in [0.25, 0.3) is 0 Å². The highest BCUT2D eigenvalue weighted by atomic mass is 16.5. The van der Waals surface area contributed by atoms with Gasteiger partial charge < -0.3 is 34.3 Å². The zero-order chi connectivity index (χ0) is 36.6. The molecule has 0 saturated heterocycles. The maximum absolute atomic E-state index is 13.7. The minimum atomic E-state index is -1.06. The van der Waals surface area contributed by atoms with E-state index in [9.17, 15) is 19.2 Å². The molecule has 0 fully saturated rings. The molecule has 0 saturated carbocycles. The number of hydrogen-bond acceptors (Lipinski definition) is 10. The van der Waals surface area contributed by atoms with Crippen LogP contribution in [-0.2, 0) is 38.1 Å². The summed E-state index contributed by atoms with van der Waals surface area (Å²) in [6, 6.07) is 0. The van der Waals surface area contributed by atoms with Crippen LogP contribution >= 0.6 is 0 Å². The number of likely N-dealkylation sites (N-methyl/N-ethyl adjacent to an activating group) is 2. The number of hydrogen-bond donors (Lipinski definition) is 2. The smallest absolute Gasteiger partial charge is 0.225 e. The number of rotatable bonds is 25. The summed E-state index contributed by atoms with van der Waals surface area (Å²) in [5, 5.41) is 10.2. The molecule has 274 valence electrons. The van der Waals surface area contributed by atoms with E-state index in [-0.39, 0.29) is 106 Å². The summed E-state index contributed by atoms with van der Waals surface area (Å²) in [5.74, 6) is -0.130. The summed E-state index contributed by atoms with van der Waals surface area (Å²) in [7, 11) is 4.54. The van der Waals surface area contributed by atoms with Gasteiger partial charge >= 0.3 is 0 Å². The van der Waals surface area contributed by atoms with E-state index >= 15 is 0 Å². The summed E-state index contributed by atoms with van der Waals surface area (Å²) in [6.07, 6.45) is 1.29. The highest BCUT2D eigenvalue weighted by Gasteiger charge is 2.41. The lowest BCUT2D eigenvalue weighted by Crippen LogP contribution is -2.60. The van der Waals surface area contributed by atoms with E-state index in [1.807, 2.05) is 76.3 Å². The third kappa shape index (κ3) is 21.9. The number of ether oxygens (including phenoxy) is 4. The van der Waals surface area contributed by atoms with Crippen LogP contribution in [0.5, 0.6) is 0 Å². The molecule has 0 bridgehead atoms. The largest absolute Gasteiger partial charge is 0.400 e. The van der Waals surface area contributed by atoms with Crippen LogP contribution in [0.1, 0.15) is 108 Å². The fourth-order valence-electron chi connectivity index (χ4n) is 3.73. The molecule has 11 heteroatoms. The van der Waals surface area contributed by atoms with Crippen molar-refractivity contribution in [2.24, 2.45) is 11.8 Å². The Morgan fingerprint density at radius 3 is 1.48 bits per heavy atom. The Labute approximate surface area is 280 Å². The average molecular weight is 663 g/mol. The van der Waals surface area contributed by atoms with Crippen molar-refractivity contribution in [1.29, 1.82) is 0 Å². The summed E-state index contributed by atoms with van der Waals surface area (Å²) < 4.78 is 24.1. The predicted octanol–water partition coefficient (Wildman–Crippen LogP) is 4.65. The lowest BCUT2D eigenvalue weighted by atomic mass is 9.97. The SMILES string of the molecule is CC.CCC(=O)CCOCC(COCCC(=O)C(C)C)(COCCC(=O)C(C)C)N(C)C(=O)CC(C)(C)OCC(C)(C)NC.CO. The zero-order valence-electron chi connectivity index (χ0n) is 31.8. The van der Waals surface area contributed by atoms with Crippen LogP contribution in [0.15, 0.2) is 0 Å². The van der Waals surface area contributed by atoms with Crippen LogP contribution < -0.4 is 5.32 Å². The van der Waals surface area contributed by atoms with Crippen LogP contribution in [0.4, 0.5) is 0 Å². The first-order valence-corrected chi connectivity index (χ1v) is 16.8. The second-order valence-electron chi connectivity index (χ2n) is 13.1. The monoisotopic (exact) mass is 663 g/mol. The van der Waals surface area contributed by atoms with Gasteiger partial charge in [-0.3, -0.25) is 19.2 Å². The van der Waals surface area contributed by atoms with Gasteiger partial charge in [0.2, 0.25) is 5.91 Å². The van der Waals surface area contributed by atoms with Crippen molar-refractivity contribution in [3.63, 3.8) is 0 Å². The molecule has 0 aromatic heterocycles. The quantitative estimate of drug-likeness (QED) is 0.133. The molecule has 2 N–H and O–H groups in total. The Morgan fingerprint density at radius 2 is 1.13 bits per heavy atom. The standard InChI is InChI=1S/C32H60N2O8.C2H6.CH4O/c1-12-26(35)13-16-39-21-32(22-40-17-14-27(36)24(2)3,23-41-18-15-28(37)25(4)5)34(11)29(38)19-31(8,9)42-20-30(6,7)33-10;2*1-2/h24-25,33H,12-23H2,1-11H3;1-2H3;2H,1H3. The second-order valence-corrected chi connectivity index (χ2v) is 13.1. The number of aliphatic hydroxyl groups is 1. The molecule has 0 aromatic rings. The van der Waals surface area contributed by atoms with Crippen molar-refractivity contribution in [3.05, 3.63) is 0 Å². The van der Waals surface area contributed by atoms with Crippen molar-refractivity contribution in [1.82, 2.24) is 10.2 Å². The summed E-state index contributed by atoms with van der Waals surface area (Å²) >= 11 is 0. The Balaban J connectivity index is -0.00000443. The molecule has 0 heterocycles. The van der Waals surface area contributed by atoms with Crippen molar-refractivity contribution in [2.45, 2.75) is 125 Å². The number of carbonyl (C=O) groups is 4. The van der Waals surface area contributed by atoms with Gasteiger partial charge in [-0.1, -0.05) is 48.5 Å². The number of amides is 1. The number of aliphatic hydroxyl groups excluding tert-OH is 1. The number of carbonyl (C=O) groups excluding carboxylic acids is 4. The van der Waals surface area contributed by atoms with Crippen LogP contribution in [0.3, 0.4) is 0 Å². The minimum absolute atomic E-state index is 0.0501. The van der Waals surface area contributed by atoms with Gasteiger partial charge in [0, 0.05) is 57.2 Å². The van der Waals surface area contributed by atoms with E-state index in [1.165, 1.54) is 0 Å². The lowest BCUT2D eigenvalue weighted by Gasteiger charge is -2.42. The Kier molecular flexibility index (Phi) is 27.7. The molecule has 1 amide bonds. The first-order valence-electron chi connectivity index (χ1n) is 16.8. The molecule has 0 unspecified atom stereocenters. The summed E-state index contributed by atoms with van der Waals surface area (Å²) in [5.41, 5.74) is -2.08.